The number of halogens is 4. The molecule has 2 heterocycles. The van der Waals surface area contributed by atoms with E-state index in [9.17, 15) is 13.2 Å². The Morgan fingerprint density at radius 1 is 1.38 bits per heavy atom. The van der Waals surface area contributed by atoms with Crippen LogP contribution in [0.2, 0.25) is 5.15 Å². The molecule has 0 bridgehead atoms. The topological polar surface area (TPSA) is 63.7 Å². The van der Waals surface area contributed by atoms with Crippen LogP contribution in [-0.4, -0.2) is 21.9 Å². The molecule has 0 aliphatic heterocycles. The number of alkyl halides is 3. The van der Waals surface area contributed by atoms with E-state index in [0.29, 0.717) is 4.68 Å². The van der Waals surface area contributed by atoms with Crippen molar-refractivity contribution in [3.63, 3.8) is 0 Å². The largest absolute Gasteiger partial charge is 0.433 e. The van der Waals surface area contributed by atoms with Gasteiger partial charge in [-0.3, -0.25) is 0 Å². The number of nitrogens with zero attached hydrogens (tertiary/aromatic N) is 4. The van der Waals surface area contributed by atoms with E-state index in [-0.39, 0.29) is 28.8 Å². The van der Waals surface area contributed by atoms with Crippen molar-refractivity contribution < 1.29 is 17.9 Å². The van der Waals surface area contributed by atoms with Crippen molar-refractivity contribution >= 4 is 11.6 Å². The van der Waals surface area contributed by atoms with Crippen molar-refractivity contribution in [2.75, 3.05) is 7.11 Å². The van der Waals surface area contributed by atoms with Gasteiger partial charge in [0.15, 0.2) is 5.82 Å². The molecule has 0 fully saturated rings. The SMILES string of the molecule is COCc1cc(C(F)(F)F)n(-c2cc(C#N)cc(Cl)n2)n1. The Kier molecular flexibility index (Phi) is 4.16. The van der Waals surface area contributed by atoms with Gasteiger partial charge >= 0.3 is 6.18 Å². The van der Waals surface area contributed by atoms with Gasteiger partial charge in [-0.25, -0.2) is 9.67 Å². The first-order chi connectivity index (χ1) is 9.85. The van der Waals surface area contributed by atoms with Crippen LogP contribution in [0.15, 0.2) is 18.2 Å². The Balaban J connectivity index is 2.62. The van der Waals surface area contributed by atoms with Crippen molar-refractivity contribution in [1.82, 2.24) is 14.8 Å². The highest BCUT2D eigenvalue weighted by Gasteiger charge is 2.36. The number of methoxy groups -OCH3 is 1. The summed E-state index contributed by atoms with van der Waals surface area (Å²) in [7, 11) is 1.34. The third kappa shape index (κ3) is 3.32. The van der Waals surface area contributed by atoms with E-state index in [1.165, 1.54) is 19.2 Å². The third-order valence-electron chi connectivity index (χ3n) is 2.47. The zero-order chi connectivity index (χ0) is 15.6. The van der Waals surface area contributed by atoms with Crippen LogP contribution in [0.25, 0.3) is 5.82 Å². The van der Waals surface area contributed by atoms with E-state index >= 15 is 0 Å². The fourth-order valence-corrected chi connectivity index (χ4v) is 1.89. The minimum atomic E-state index is -4.63. The summed E-state index contributed by atoms with van der Waals surface area (Å²) in [5.41, 5.74) is -0.847. The van der Waals surface area contributed by atoms with Gasteiger partial charge in [0.25, 0.3) is 0 Å². The molecule has 5 nitrogen and oxygen atoms in total. The Hall–Kier alpha value is -2.11. The Morgan fingerprint density at radius 2 is 2.10 bits per heavy atom. The standard InChI is InChI=1S/C12H8ClF3N4O/c1-21-6-8-4-9(12(14,15)16)20(19-8)11-3-7(5-17)2-10(13)18-11/h2-4H,6H2,1H3. The van der Waals surface area contributed by atoms with Crippen molar-refractivity contribution in [2.45, 2.75) is 12.8 Å². The minimum Gasteiger partial charge on any atom is -0.378 e. The highest BCUT2D eigenvalue weighted by atomic mass is 35.5. The zero-order valence-corrected chi connectivity index (χ0v) is 11.4. The molecule has 0 aromatic carbocycles. The maximum absolute atomic E-state index is 13.0. The van der Waals surface area contributed by atoms with Crippen LogP contribution in [0.5, 0.6) is 0 Å². The first kappa shape index (κ1) is 15.3. The quantitative estimate of drug-likeness (QED) is 0.817. The Labute approximate surface area is 122 Å². The lowest BCUT2D eigenvalue weighted by atomic mass is 10.3. The van der Waals surface area contributed by atoms with Crippen molar-refractivity contribution in [3.05, 3.63) is 40.3 Å². The normalized spacial score (nSPS) is 11.4. The maximum atomic E-state index is 13.0. The summed E-state index contributed by atoms with van der Waals surface area (Å²) in [5.74, 6) is -0.186. The molecule has 110 valence electrons. The average Bonchev–Trinajstić information content (AvgIpc) is 2.82. The number of rotatable bonds is 3. The molecule has 0 aliphatic carbocycles. The minimum absolute atomic E-state index is 0.0816. The molecule has 21 heavy (non-hydrogen) atoms. The Bertz CT molecular complexity index is 706. The lowest BCUT2D eigenvalue weighted by Gasteiger charge is -2.09. The summed E-state index contributed by atoms with van der Waals surface area (Å²) >= 11 is 5.70. The summed E-state index contributed by atoms with van der Waals surface area (Å²) in [6.45, 7) is -0.0816. The summed E-state index contributed by atoms with van der Waals surface area (Å²) < 4.78 is 44.5. The van der Waals surface area contributed by atoms with E-state index in [4.69, 9.17) is 21.6 Å². The molecular formula is C12H8ClF3N4O. The second-order valence-corrected chi connectivity index (χ2v) is 4.40. The van der Waals surface area contributed by atoms with Crippen LogP contribution >= 0.6 is 11.6 Å². The Morgan fingerprint density at radius 3 is 2.67 bits per heavy atom. The predicted octanol–water partition coefficient (Wildman–Crippen LogP) is 2.96. The van der Waals surface area contributed by atoms with E-state index < -0.39 is 11.9 Å². The second-order valence-electron chi connectivity index (χ2n) is 4.01. The fourth-order valence-electron chi connectivity index (χ4n) is 1.68. The molecule has 0 amide bonds. The number of hydrogen-bond acceptors (Lipinski definition) is 4. The molecule has 0 saturated carbocycles. The number of ether oxygens (including phenoxy) is 1. The molecule has 0 atom stereocenters. The molecule has 0 radical (unpaired) electrons. The third-order valence-corrected chi connectivity index (χ3v) is 2.66. The van der Waals surface area contributed by atoms with Crippen LogP contribution in [0.1, 0.15) is 17.0 Å². The van der Waals surface area contributed by atoms with Gasteiger partial charge in [-0.05, 0) is 12.1 Å². The van der Waals surface area contributed by atoms with Gasteiger partial charge in [-0.1, -0.05) is 11.6 Å². The highest BCUT2D eigenvalue weighted by molar-refractivity contribution is 6.29. The number of pyridine rings is 1. The molecular weight excluding hydrogens is 309 g/mol. The summed E-state index contributed by atoms with van der Waals surface area (Å²) in [6.07, 6.45) is -4.63. The van der Waals surface area contributed by atoms with Crippen LogP contribution < -0.4 is 0 Å². The lowest BCUT2D eigenvalue weighted by molar-refractivity contribution is -0.142. The molecule has 2 rings (SSSR count). The summed E-state index contributed by atoms with van der Waals surface area (Å²) in [5, 5.41) is 12.5. The lowest BCUT2D eigenvalue weighted by Crippen LogP contribution is -2.14. The van der Waals surface area contributed by atoms with Crippen LogP contribution in [-0.2, 0) is 17.5 Å². The van der Waals surface area contributed by atoms with Crippen LogP contribution in [0.4, 0.5) is 13.2 Å². The van der Waals surface area contributed by atoms with E-state index in [0.717, 1.165) is 6.07 Å². The smallest absolute Gasteiger partial charge is 0.378 e. The second kappa shape index (κ2) is 5.71. The number of nitriles is 1. The molecule has 9 heteroatoms. The van der Waals surface area contributed by atoms with Gasteiger partial charge < -0.3 is 4.74 Å². The number of aromatic nitrogens is 3. The fraction of sp³-hybridized carbons (Fsp3) is 0.250. The highest BCUT2D eigenvalue weighted by Crippen LogP contribution is 2.31. The summed E-state index contributed by atoms with van der Waals surface area (Å²) in [4.78, 5) is 3.77. The van der Waals surface area contributed by atoms with E-state index in [2.05, 4.69) is 10.1 Å². The van der Waals surface area contributed by atoms with Gasteiger partial charge in [-0.15, -0.1) is 0 Å². The maximum Gasteiger partial charge on any atom is 0.433 e. The van der Waals surface area contributed by atoms with Crippen LogP contribution in [0, 0.1) is 11.3 Å². The van der Waals surface area contributed by atoms with Gasteiger partial charge in [0, 0.05) is 13.2 Å². The molecule has 0 spiro atoms. The van der Waals surface area contributed by atoms with Gasteiger partial charge in [0.1, 0.15) is 10.8 Å². The van der Waals surface area contributed by atoms with Gasteiger partial charge in [-0.2, -0.15) is 23.5 Å². The van der Waals surface area contributed by atoms with Crippen molar-refractivity contribution in [2.24, 2.45) is 0 Å². The molecule has 2 aromatic heterocycles. The first-order valence-electron chi connectivity index (χ1n) is 5.58. The average molecular weight is 317 g/mol. The first-order valence-corrected chi connectivity index (χ1v) is 5.96. The van der Waals surface area contributed by atoms with Gasteiger partial charge in [0.2, 0.25) is 0 Å². The van der Waals surface area contributed by atoms with E-state index in [1.807, 2.05) is 0 Å². The monoisotopic (exact) mass is 316 g/mol. The molecule has 2 aromatic rings. The van der Waals surface area contributed by atoms with Crippen LogP contribution in [0.3, 0.4) is 0 Å². The molecule has 0 aliphatic rings. The molecule has 0 unspecified atom stereocenters. The molecule has 0 saturated heterocycles. The van der Waals surface area contributed by atoms with Crippen molar-refractivity contribution in [1.29, 1.82) is 5.26 Å². The zero-order valence-electron chi connectivity index (χ0n) is 10.6. The number of hydrogen-bond donors (Lipinski definition) is 0. The molecule has 0 N–H and O–H groups in total. The predicted molar refractivity (Wildman–Crippen MR) is 66.8 cm³/mol. The van der Waals surface area contributed by atoms with E-state index in [1.54, 1.807) is 6.07 Å². The summed E-state index contributed by atoms with van der Waals surface area (Å²) in [6, 6.07) is 5.08. The van der Waals surface area contributed by atoms with Gasteiger partial charge in [0.05, 0.1) is 23.9 Å². The van der Waals surface area contributed by atoms with Crippen molar-refractivity contribution in [3.8, 4) is 11.9 Å².